The highest BCUT2D eigenvalue weighted by molar-refractivity contribution is 7.92. The van der Waals surface area contributed by atoms with Gasteiger partial charge in [0.25, 0.3) is 21.6 Å². The first-order valence-electron chi connectivity index (χ1n) is 9.69. The van der Waals surface area contributed by atoms with Gasteiger partial charge in [-0.2, -0.15) is 5.10 Å². The summed E-state index contributed by atoms with van der Waals surface area (Å²) in [5.41, 5.74) is 2.88. The third-order valence-corrected chi connectivity index (χ3v) is 6.56. The predicted molar refractivity (Wildman–Crippen MR) is 128 cm³/mol. The summed E-state index contributed by atoms with van der Waals surface area (Å²) < 4.78 is 32.6. The zero-order valence-corrected chi connectivity index (χ0v) is 19.4. The van der Waals surface area contributed by atoms with Gasteiger partial charge in [0.1, 0.15) is 12.3 Å². The molecule has 0 spiro atoms. The first kappa shape index (κ1) is 24.7. The van der Waals surface area contributed by atoms with Crippen LogP contribution >= 0.6 is 11.6 Å². The molecular weight excluding hydrogens is 484 g/mol. The van der Waals surface area contributed by atoms with Crippen molar-refractivity contribution in [2.45, 2.75) is 4.90 Å². The molecule has 0 unspecified atom stereocenters. The van der Waals surface area contributed by atoms with Crippen LogP contribution in [0.1, 0.15) is 5.56 Å². The Balaban J connectivity index is 1.81. The van der Waals surface area contributed by atoms with Gasteiger partial charge in [-0.1, -0.05) is 17.7 Å². The van der Waals surface area contributed by atoms with Crippen LogP contribution < -0.4 is 14.5 Å². The van der Waals surface area contributed by atoms with Crippen molar-refractivity contribution in [3.63, 3.8) is 0 Å². The highest BCUT2D eigenvalue weighted by Crippen LogP contribution is 2.27. The van der Waals surface area contributed by atoms with Crippen LogP contribution in [0.15, 0.2) is 82.8 Å². The number of halogens is 1. The van der Waals surface area contributed by atoms with Crippen molar-refractivity contribution in [3.8, 4) is 5.75 Å². The van der Waals surface area contributed by atoms with E-state index < -0.39 is 27.4 Å². The maximum atomic E-state index is 13.3. The Morgan fingerprint density at radius 2 is 1.82 bits per heavy atom. The van der Waals surface area contributed by atoms with Crippen molar-refractivity contribution in [1.29, 1.82) is 0 Å². The van der Waals surface area contributed by atoms with Crippen LogP contribution in [0, 0.1) is 10.1 Å². The van der Waals surface area contributed by atoms with Crippen molar-refractivity contribution in [2.24, 2.45) is 5.10 Å². The van der Waals surface area contributed by atoms with E-state index in [0.29, 0.717) is 16.3 Å². The van der Waals surface area contributed by atoms with Crippen LogP contribution in [-0.4, -0.2) is 39.1 Å². The molecule has 0 atom stereocenters. The van der Waals surface area contributed by atoms with E-state index in [-0.39, 0.29) is 16.3 Å². The lowest BCUT2D eigenvalue weighted by atomic mass is 10.2. The van der Waals surface area contributed by atoms with Crippen LogP contribution in [0.5, 0.6) is 5.75 Å². The number of carbonyl (C=O) groups is 1. The summed E-state index contributed by atoms with van der Waals surface area (Å²) in [4.78, 5) is 22.7. The number of nitro benzene ring substituents is 1. The molecule has 0 aliphatic carbocycles. The van der Waals surface area contributed by atoms with E-state index in [0.717, 1.165) is 4.31 Å². The molecule has 0 saturated heterocycles. The normalized spacial score (nSPS) is 11.2. The lowest BCUT2D eigenvalue weighted by Crippen LogP contribution is -2.39. The first-order valence-corrected chi connectivity index (χ1v) is 11.5. The summed E-state index contributed by atoms with van der Waals surface area (Å²) in [6.45, 7) is -0.577. The molecule has 3 aromatic carbocycles. The Hall–Kier alpha value is -3.96. The number of carbonyl (C=O) groups excluding carboxylic acids is 1. The van der Waals surface area contributed by atoms with Gasteiger partial charge in [-0.15, -0.1) is 0 Å². The van der Waals surface area contributed by atoms with E-state index in [1.165, 1.54) is 74.0 Å². The summed E-state index contributed by atoms with van der Waals surface area (Å²) >= 11 is 6.04. The number of nitrogens with zero attached hydrogens (tertiary/aromatic N) is 3. The predicted octanol–water partition coefficient (Wildman–Crippen LogP) is 3.60. The zero-order chi connectivity index (χ0) is 24.7. The number of non-ortho nitro benzene ring substituents is 1. The van der Waals surface area contributed by atoms with Gasteiger partial charge in [0, 0.05) is 17.2 Å². The average Bonchev–Trinajstić information content (AvgIpc) is 2.82. The molecule has 0 saturated carbocycles. The summed E-state index contributed by atoms with van der Waals surface area (Å²) in [6, 6.07) is 17.3. The second-order valence-corrected chi connectivity index (χ2v) is 9.11. The quantitative estimate of drug-likeness (QED) is 0.270. The maximum Gasteiger partial charge on any atom is 0.269 e. The fourth-order valence-electron chi connectivity index (χ4n) is 2.85. The Bertz CT molecular complexity index is 1310. The van der Waals surface area contributed by atoms with Crippen LogP contribution in [0.2, 0.25) is 5.02 Å². The van der Waals surface area contributed by atoms with Crippen LogP contribution in [0.25, 0.3) is 0 Å². The third-order valence-electron chi connectivity index (χ3n) is 4.54. The van der Waals surface area contributed by atoms with Crippen molar-refractivity contribution in [3.05, 3.63) is 93.5 Å². The molecule has 3 rings (SSSR count). The molecule has 176 valence electrons. The average molecular weight is 503 g/mol. The fraction of sp³-hybridized carbons (Fsp3) is 0.0909. The Labute approximate surface area is 200 Å². The fourth-order valence-corrected chi connectivity index (χ4v) is 4.45. The number of hydrogen-bond acceptors (Lipinski definition) is 7. The van der Waals surface area contributed by atoms with Crippen LogP contribution in [-0.2, 0) is 14.8 Å². The standard InChI is InChI=1S/C22H19ClN4O6S/c1-33-20-9-11-21(12-10-20)34(31,32)26(19-4-2-3-17(23)13-19)15-22(28)25-24-14-16-5-7-18(8-6-16)27(29)30/h2-14H,15H2,1H3,(H,25,28)/b24-14-. The Kier molecular flexibility index (Phi) is 7.82. The molecule has 1 amide bonds. The Morgan fingerprint density at radius 3 is 2.41 bits per heavy atom. The second kappa shape index (κ2) is 10.8. The molecule has 0 aromatic heterocycles. The third kappa shape index (κ3) is 6.09. The molecule has 1 N–H and O–H groups in total. The van der Waals surface area contributed by atoms with Crippen LogP contribution in [0.4, 0.5) is 11.4 Å². The monoisotopic (exact) mass is 502 g/mol. The highest BCUT2D eigenvalue weighted by atomic mass is 35.5. The van der Waals surface area contributed by atoms with E-state index in [4.69, 9.17) is 16.3 Å². The zero-order valence-electron chi connectivity index (χ0n) is 17.8. The second-order valence-electron chi connectivity index (χ2n) is 6.81. The molecular formula is C22H19ClN4O6S. The number of hydrazone groups is 1. The number of sulfonamides is 1. The molecule has 0 aliphatic heterocycles. The van der Waals surface area contributed by atoms with E-state index >= 15 is 0 Å². The van der Waals surface area contributed by atoms with Gasteiger partial charge in [0.2, 0.25) is 0 Å². The summed E-state index contributed by atoms with van der Waals surface area (Å²) in [7, 11) is -2.68. The first-order chi connectivity index (χ1) is 16.2. The minimum Gasteiger partial charge on any atom is -0.497 e. The summed E-state index contributed by atoms with van der Waals surface area (Å²) in [5, 5.41) is 14.8. The highest BCUT2D eigenvalue weighted by Gasteiger charge is 2.27. The SMILES string of the molecule is COc1ccc(S(=O)(=O)N(CC(=O)N/N=C\c2ccc([N+](=O)[O-])cc2)c2cccc(Cl)c2)cc1. The molecule has 0 fully saturated rings. The van der Waals surface area contributed by atoms with E-state index in [1.54, 1.807) is 12.1 Å². The van der Waals surface area contributed by atoms with E-state index in [9.17, 15) is 23.3 Å². The maximum absolute atomic E-state index is 13.3. The molecule has 0 aliphatic rings. The van der Waals surface area contributed by atoms with Crippen LogP contribution in [0.3, 0.4) is 0 Å². The number of hydrogen-bond donors (Lipinski definition) is 1. The Morgan fingerprint density at radius 1 is 1.15 bits per heavy atom. The number of rotatable bonds is 9. The largest absolute Gasteiger partial charge is 0.497 e. The molecule has 0 heterocycles. The van der Waals surface area contributed by atoms with Gasteiger partial charge < -0.3 is 4.74 Å². The number of nitrogens with one attached hydrogen (secondary N) is 1. The number of amides is 1. The van der Waals surface area contributed by atoms with Gasteiger partial charge in [-0.3, -0.25) is 19.2 Å². The van der Waals surface area contributed by atoms with Gasteiger partial charge in [0.15, 0.2) is 0 Å². The minimum absolute atomic E-state index is 0.0459. The number of ether oxygens (including phenoxy) is 1. The topological polar surface area (TPSA) is 131 Å². The van der Waals surface area contributed by atoms with Crippen molar-refractivity contribution in [2.75, 3.05) is 18.0 Å². The number of anilines is 1. The van der Waals surface area contributed by atoms with Gasteiger partial charge >= 0.3 is 0 Å². The van der Waals surface area contributed by atoms with Gasteiger partial charge in [0.05, 0.1) is 28.8 Å². The number of nitro groups is 1. The van der Waals surface area contributed by atoms with Crippen molar-refractivity contribution < 1.29 is 22.9 Å². The van der Waals surface area contributed by atoms with Crippen molar-refractivity contribution in [1.82, 2.24) is 5.43 Å². The molecule has 0 bridgehead atoms. The summed E-state index contributed by atoms with van der Waals surface area (Å²) in [6.07, 6.45) is 1.28. The lowest BCUT2D eigenvalue weighted by molar-refractivity contribution is -0.384. The molecule has 0 radical (unpaired) electrons. The number of benzene rings is 3. The smallest absolute Gasteiger partial charge is 0.269 e. The molecule has 34 heavy (non-hydrogen) atoms. The van der Waals surface area contributed by atoms with E-state index in [2.05, 4.69) is 10.5 Å². The molecule has 12 heteroatoms. The molecule has 3 aromatic rings. The summed E-state index contributed by atoms with van der Waals surface area (Å²) in [5.74, 6) is -0.234. The lowest BCUT2D eigenvalue weighted by Gasteiger charge is -2.24. The van der Waals surface area contributed by atoms with Gasteiger partial charge in [-0.05, 0) is 60.2 Å². The molecule has 10 nitrogen and oxygen atoms in total. The minimum atomic E-state index is -4.14. The van der Waals surface area contributed by atoms with Gasteiger partial charge in [-0.25, -0.2) is 13.8 Å². The number of methoxy groups -OCH3 is 1. The van der Waals surface area contributed by atoms with E-state index in [1.807, 2.05) is 0 Å². The van der Waals surface area contributed by atoms with Crippen molar-refractivity contribution >= 4 is 45.1 Å².